The van der Waals surface area contributed by atoms with Crippen LogP contribution in [0.5, 0.6) is 0 Å². The van der Waals surface area contributed by atoms with Gasteiger partial charge in [-0.25, -0.2) is 9.69 Å². The Hall–Kier alpha value is -2.57. The van der Waals surface area contributed by atoms with Gasteiger partial charge in [-0.3, -0.25) is 4.79 Å². The first-order chi connectivity index (χ1) is 11.9. The molecule has 1 aromatic carbocycles. The predicted molar refractivity (Wildman–Crippen MR) is 96.4 cm³/mol. The summed E-state index contributed by atoms with van der Waals surface area (Å²) in [5, 5.41) is 3.08. The number of imide groups is 1. The van der Waals surface area contributed by atoms with Crippen LogP contribution in [0.4, 0.5) is 10.5 Å². The second kappa shape index (κ2) is 6.74. The number of benzene rings is 1. The van der Waals surface area contributed by atoms with Crippen LogP contribution in [0.1, 0.15) is 17.0 Å². The quantitative estimate of drug-likeness (QED) is 0.671. The van der Waals surface area contributed by atoms with Gasteiger partial charge < -0.3 is 14.6 Å². The largest absolute Gasteiger partial charge is 0.364 e. The van der Waals surface area contributed by atoms with Crippen LogP contribution in [-0.4, -0.2) is 23.6 Å². The number of aryl methyl sites for hydroxylation is 1. The Kier molecular flexibility index (Phi) is 4.65. The van der Waals surface area contributed by atoms with Crippen LogP contribution < -0.4 is 10.2 Å². The first kappa shape index (κ1) is 17.3. The molecule has 0 spiro atoms. The normalized spacial score (nSPS) is 16.0. The van der Waals surface area contributed by atoms with Crippen LogP contribution in [0, 0.1) is 13.8 Å². The fraction of sp³-hybridized carbons (Fsp3) is 0.222. The summed E-state index contributed by atoms with van der Waals surface area (Å²) in [5.74, 6) is -0.413. The number of carbonyl (C=O) groups is 2. The number of urea groups is 1. The maximum absolute atomic E-state index is 12.7. The van der Waals surface area contributed by atoms with Gasteiger partial charge in [-0.05, 0) is 49.8 Å². The summed E-state index contributed by atoms with van der Waals surface area (Å²) in [5.41, 5.74) is 3.47. The van der Waals surface area contributed by atoms with E-state index < -0.39 is 11.9 Å². The first-order valence-electron chi connectivity index (χ1n) is 7.70. The van der Waals surface area contributed by atoms with E-state index in [1.807, 2.05) is 24.5 Å². The number of hydrogen-bond donors (Lipinski definition) is 1. The number of carbonyl (C=O) groups excluding carboxylic acids is 2. The summed E-state index contributed by atoms with van der Waals surface area (Å²) in [6, 6.07) is 8.07. The zero-order valence-corrected chi connectivity index (χ0v) is 14.9. The molecule has 1 aliphatic rings. The molecule has 0 radical (unpaired) electrons. The lowest BCUT2D eigenvalue weighted by Gasteiger charge is -2.11. The standard InChI is InChI=1S/C18H18ClN3O3/c1-11-7-13(12(2)21(11)10-25-3)8-16-17(23)22(18(24)20-16)15-6-4-5-14(19)9-15/h4-9H,10H2,1-3H3,(H,20,24)/b16-8+. The molecular formula is C18H18ClN3O3. The third-order valence-corrected chi connectivity index (χ3v) is 4.35. The number of amides is 3. The van der Waals surface area contributed by atoms with E-state index in [2.05, 4.69) is 5.32 Å². The predicted octanol–water partition coefficient (Wildman–Crippen LogP) is 3.46. The van der Waals surface area contributed by atoms with Crippen molar-refractivity contribution in [2.45, 2.75) is 20.6 Å². The molecule has 1 fully saturated rings. The second-order valence-electron chi connectivity index (χ2n) is 5.78. The van der Waals surface area contributed by atoms with E-state index in [4.69, 9.17) is 16.3 Å². The van der Waals surface area contributed by atoms with Gasteiger partial charge in [0.05, 0.1) is 5.69 Å². The van der Waals surface area contributed by atoms with E-state index in [1.165, 1.54) is 0 Å². The summed E-state index contributed by atoms with van der Waals surface area (Å²) in [6.07, 6.45) is 1.68. The van der Waals surface area contributed by atoms with E-state index in [-0.39, 0.29) is 5.70 Å². The highest BCUT2D eigenvalue weighted by molar-refractivity contribution is 6.32. The zero-order chi connectivity index (χ0) is 18.1. The average Bonchev–Trinajstić information content (AvgIpc) is 2.98. The molecule has 0 unspecified atom stereocenters. The second-order valence-corrected chi connectivity index (χ2v) is 6.22. The number of halogens is 1. The molecule has 130 valence electrons. The van der Waals surface area contributed by atoms with E-state index in [0.29, 0.717) is 17.4 Å². The summed E-state index contributed by atoms with van der Waals surface area (Å²) >= 11 is 5.96. The van der Waals surface area contributed by atoms with E-state index in [0.717, 1.165) is 21.9 Å². The Bertz CT molecular complexity index is 886. The molecule has 1 N–H and O–H groups in total. The van der Waals surface area contributed by atoms with Crippen molar-refractivity contribution in [1.29, 1.82) is 0 Å². The van der Waals surface area contributed by atoms with Crippen LogP contribution >= 0.6 is 11.6 Å². The summed E-state index contributed by atoms with van der Waals surface area (Å²) in [7, 11) is 1.63. The minimum Gasteiger partial charge on any atom is -0.364 e. The van der Waals surface area contributed by atoms with E-state index in [9.17, 15) is 9.59 Å². The third kappa shape index (κ3) is 3.18. The van der Waals surface area contributed by atoms with Crippen LogP contribution in [0.15, 0.2) is 36.0 Å². The van der Waals surface area contributed by atoms with Crippen molar-refractivity contribution >= 4 is 35.3 Å². The molecule has 0 saturated carbocycles. The number of methoxy groups -OCH3 is 1. The molecule has 1 aliphatic heterocycles. The van der Waals surface area contributed by atoms with Gasteiger partial charge in [-0.15, -0.1) is 0 Å². The van der Waals surface area contributed by atoms with Crippen molar-refractivity contribution in [3.8, 4) is 0 Å². The summed E-state index contributed by atoms with van der Waals surface area (Å²) in [4.78, 5) is 26.0. The van der Waals surface area contributed by atoms with Gasteiger partial charge in [0.2, 0.25) is 0 Å². The van der Waals surface area contributed by atoms with Gasteiger partial charge in [0.15, 0.2) is 0 Å². The fourth-order valence-electron chi connectivity index (χ4n) is 2.84. The Morgan fingerprint density at radius 1 is 1.24 bits per heavy atom. The molecule has 0 bridgehead atoms. The minimum absolute atomic E-state index is 0.225. The molecule has 1 saturated heterocycles. The fourth-order valence-corrected chi connectivity index (χ4v) is 3.03. The maximum Gasteiger partial charge on any atom is 0.333 e. The monoisotopic (exact) mass is 359 g/mol. The molecule has 6 nitrogen and oxygen atoms in total. The van der Waals surface area contributed by atoms with Crippen molar-refractivity contribution in [2.75, 3.05) is 12.0 Å². The molecular weight excluding hydrogens is 342 g/mol. The number of anilines is 1. The van der Waals surface area contributed by atoms with Gasteiger partial charge in [-0.2, -0.15) is 0 Å². The van der Waals surface area contributed by atoms with Crippen LogP contribution in [0.3, 0.4) is 0 Å². The molecule has 3 amide bonds. The zero-order valence-electron chi connectivity index (χ0n) is 14.2. The van der Waals surface area contributed by atoms with E-state index >= 15 is 0 Å². The highest BCUT2D eigenvalue weighted by atomic mass is 35.5. The van der Waals surface area contributed by atoms with Crippen LogP contribution in [0.25, 0.3) is 6.08 Å². The molecule has 0 aliphatic carbocycles. The molecule has 0 atom stereocenters. The van der Waals surface area contributed by atoms with Gasteiger partial charge in [0.1, 0.15) is 12.4 Å². The molecule has 2 aromatic rings. The number of nitrogens with zero attached hydrogens (tertiary/aromatic N) is 2. The van der Waals surface area contributed by atoms with Crippen molar-refractivity contribution in [2.24, 2.45) is 0 Å². The lowest BCUT2D eigenvalue weighted by Crippen LogP contribution is -2.30. The topological polar surface area (TPSA) is 63.6 Å². The number of ether oxygens (including phenoxy) is 1. The molecule has 25 heavy (non-hydrogen) atoms. The van der Waals surface area contributed by atoms with Gasteiger partial charge >= 0.3 is 6.03 Å². The Labute approximate surface area is 150 Å². The summed E-state index contributed by atoms with van der Waals surface area (Å²) < 4.78 is 7.17. The average molecular weight is 360 g/mol. The van der Waals surface area contributed by atoms with Crippen molar-refractivity contribution in [3.63, 3.8) is 0 Å². The third-order valence-electron chi connectivity index (χ3n) is 4.12. The first-order valence-corrected chi connectivity index (χ1v) is 8.08. The number of nitrogens with one attached hydrogen (secondary N) is 1. The maximum atomic E-state index is 12.7. The lowest BCUT2D eigenvalue weighted by atomic mass is 10.2. The van der Waals surface area contributed by atoms with E-state index in [1.54, 1.807) is 37.5 Å². The molecule has 7 heteroatoms. The Morgan fingerprint density at radius 2 is 2.00 bits per heavy atom. The van der Waals surface area contributed by atoms with Gasteiger partial charge in [0, 0.05) is 23.5 Å². The molecule has 2 heterocycles. The number of rotatable bonds is 4. The van der Waals surface area contributed by atoms with Crippen molar-refractivity contribution in [3.05, 3.63) is 58.0 Å². The minimum atomic E-state index is -0.496. The van der Waals surface area contributed by atoms with Crippen LogP contribution in [-0.2, 0) is 16.3 Å². The highest BCUT2D eigenvalue weighted by Gasteiger charge is 2.35. The number of hydrogen-bond acceptors (Lipinski definition) is 3. The van der Waals surface area contributed by atoms with Crippen molar-refractivity contribution < 1.29 is 14.3 Å². The van der Waals surface area contributed by atoms with Gasteiger partial charge in [-0.1, -0.05) is 17.7 Å². The van der Waals surface area contributed by atoms with Gasteiger partial charge in [0.25, 0.3) is 5.91 Å². The summed E-state index contributed by atoms with van der Waals surface area (Å²) in [6.45, 7) is 4.32. The SMILES string of the molecule is COCn1c(C)cc(/C=C2/NC(=O)N(c3cccc(Cl)c3)C2=O)c1C. The number of aromatic nitrogens is 1. The highest BCUT2D eigenvalue weighted by Crippen LogP contribution is 2.26. The molecule has 3 rings (SSSR count). The van der Waals surface area contributed by atoms with Crippen molar-refractivity contribution in [1.82, 2.24) is 9.88 Å². The molecule has 1 aromatic heterocycles. The lowest BCUT2D eigenvalue weighted by molar-refractivity contribution is -0.113. The Morgan fingerprint density at radius 3 is 2.68 bits per heavy atom. The van der Waals surface area contributed by atoms with Crippen LogP contribution in [0.2, 0.25) is 5.02 Å². The Balaban J connectivity index is 1.95. The smallest absolute Gasteiger partial charge is 0.333 e.